The number of fused-ring (bicyclic) bond motifs is 1. The van der Waals surface area contributed by atoms with Crippen molar-refractivity contribution >= 4 is 51.8 Å². The van der Waals surface area contributed by atoms with Gasteiger partial charge in [0.05, 0.1) is 22.5 Å². The van der Waals surface area contributed by atoms with E-state index in [0.29, 0.717) is 10.7 Å². The topological polar surface area (TPSA) is 58.1 Å². The van der Waals surface area contributed by atoms with Crippen LogP contribution < -0.4 is 9.62 Å². The van der Waals surface area contributed by atoms with Crippen LogP contribution in [0.2, 0.25) is 5.02 Å². The van der Waals surface area contributed by atoms with Crippen LogP contribution in [0.25, 0.3) is 0 Å². The van der Waals surface area contributed by atoms with E-state index in [2.05, 4.69) is 14.1 Å². The molecule has 0 atom stereocenters. The highest BCUT2D eigenvalue weighted by atomic mass is 35.5. The monoisotopic (exact) mass is 470 g/mol. The van der Waals surface area contributed by atoms with Crippen molar-refractivity contribution in [2.45, 2.75) is 30.7 Å². The Morgan fingerprint density at radius 1 is 1.23 bits per heavy atom. The van der Waals surface area contributed by atoms with E-state index >= 15 is 0 Å². The summed E-state index contributed by atoms with van der Waals surface area (Å²) < 4.78 is 49.5. The van der Waals surface area contributed by atoms with Gasteiger partial charge in [0.15, 0.2) is 11.6 Å². The molecule has 0 saturated heterocycles. The number of benzene rings is 2. The van der Waals surface area contributed by atoms with Crippen LogP contribution in [0, 0.1) is 17.5 Å². The lowest BCUT2D eigenvalue weighted by atomic mass is 9.86. The second kappa shape index (κ2) is 7.75. The number of anilines is 2. The number of nitrogens with one attached hydrogen (secondary N) is 1. The first-order chi connectivity index (χ1) is 14.2. The molecule has 2 aromatic carbocycles. The summed E-state index contributed by atoms with van der Waals surface area (Å²) in [5.41, 5.74) is -0.681. The average molecular weight is 471 g/mol. The van der Waals surface area contributed by atoms with Gasteiger partial charge in [0.25, 0.3) is 0 Å². The number of hydrogen-bond donors (Lipinski definition) is 1. The van der Waals surface area contributed by atoms with E-state index in [1.165, 1.54) is 43.3 Å². The predicted molar refractivity (Wildman–Crippen MR) is 111 cm³/mol. The highest BCUT2D eigenvalue weighted by Gasteiger charge is 2.46. The molecular weight excluding hydrogens is 457 g/mol. The van der Waals surface area contributed by atoms with Gasteiger partial charge >= 0.3 is 0 Å². The highest BCUT2D eigenvalue weighted by Crippen LogP contribution is 2.44. The molecule has 11 heteroatoms. The van der Waals surface area contributed by atoms with Crippen LogP contribution >= 0.6 is 35.1 Å². The first kappa shape index (κ1) is 21.0. The standard InChI is InChI=1S/C19H14ClF3N4OS2/c1-19(2)15-13(4-3-11(21)16(15)23)27(17(19)28)7-9-5-12(22)14(6-10(9)20)29-26-18-24-8-25-30-18/h3-6,8H,7H2,1-2H3,(H,24,25,26). The molecule has 4 rings (SSSR count). The van der Waals surface area contributed by atoms with Gasteiger partial charge in [-0.1, -0.05) is 11.6 Å². The zero-order chi connectivity index (χ0) is 21.6. The molecule has 1 aliphatic rings. The summed E-state index contributed by atoms with van der Waals surface area (Å²) in [4.78, 5) is 18.4. The first-order valence-electron chi connectivity index (χ1n) is 8.68. The molecular formula is C19H14ClF3N4OS2. The molecule has 2 heterocycles. The lowest BCUT2D eigenvalue weighted by molar-refractivity contribution is -0.122. The summed E-state index contributed by atoms with van der Waals surface area (Å²) >= 11 is 8.45. The zero-order valence-corrected chi connectivity index (χ0v) is 18.1. The smallest absolute Gasteiger partial charge is 0.237 e. The van der Waals surface area contributed by atoms with Crippen molar-refractivity contribution in [2.75, 3.05) is 9.62 Å². The van der Waals surface area contributed by atoms with Crippen molar-refractivity contribution < 1.29 is 18.0 Å². The van der Waals surface area contributed by atoms with Crippen molar-refractivity contribution in [2.24, 2.45) is 0 Å². The minimum atomic E-state index is -1.26. The van der Waals surface area contributed by atoms with E-state index in [-0.39, 0.29) is 27.7 Å². The summed E-state index contributed by atoms with van der Waals surface area (Å²) in [7, 11) is 0. The van der Waals surface area contributed by atoms with Gasteiger partial charge in [0, 0.05) is 22.1 Å². The Balaban J connectivity index is 1.63. The molecule has 1 aliphatic heterocycles. The quantitative estimate of drug-likeness (QED) is 0.495. The van der Waals surface area contributed by atoms with Crippen molar-refractivity contribution in [3.63, 3.8) is 0 Å². The van der Waals surface area contributed by atoms with Gasteiger partial charge in [-0.2, -0.15) is 4.37 Å². The van der Waals surface area contributed by atoms with Crippen molar-refractivity contribution in [3.8, 4) is 0 Å². The maximum absolute atomic E-state index is 14.6. The van der Waals surface area contributed by atoms with Gasteiger partial charge < -0.3 is 9.62 Å². The molecule has 1 aromatic heterocycles. The minimum Gasteiger partial charge on any atom is -0.307 e. The number of hydrogen-bond acceptors (Lipinski definition) is 6. The van der Waals surface area contributed by atoms with E-state index in [9.17, 15) is 18.0 Å². The molecule has 5 nitrogen and oxygen atoms in total. The number of rotatable bonds is 5. The molecule has 0 bridgehead atoms. The molecule has 30 heavy (non-hydrogen) atoms. The third kappa shape index (κ3) is 3.52. The summed E-state index contributed by atoms with van der Waals surface area (Å²) in [6.45, 7) is 2.97. The third-order valence-electron chi connectivity index (χ3n) is 4.81. The summed E-state index contributed by atoms with van der Waals surface area (Å²) in [5.74, 6) is -3.05. The molecule has 0 fully saturated rings. The SMILES string of the molecule is CC1(C)C(=O)N(Cc2cc(F)c(SNc3ncns3)cc2Cl)c2ccc(F)c(F)c21. The Kier molecular flexibility index (Phi) is 5.41. The van der Waals surface area contributed by atoms with E-state index in [1.54, 1.807) is 0 Å². The lowest BCUT2D eigenvalue weighted by Gasteiger charge is -2.21. The molecule has 1 N–H and O–H groups in total. The van der Waals surface area contributed by atoms with Crippen molar-refractivity contribution in [3.05, 3.63) is 64.2 Å². The summed E-state index contributed by atoms with van der Waals surface area (Å²) in [5, 5.41) is 0.745. The Labute approximate surface area is 183 Å². The maximum atomic E-state index is 14.6. The molecule has 0 unspecified atom stereocenters. The van der Waals surface area contributed by atoms with Crippen LogP contribution in [0.4, 0.5) is 24.0 Å². The average Bonchev–Trinajstić information content (AvgIpc) is 3.27. The number of aromatic nitrogens is 2. The van der Waals surface area contributed by atoms with Gasteiger partial charge in [-0.05, 0) is 55.6 Å². The van der Waals surface area contributed by atoms with Crippen LogP contribution in [-0.2, 0) is 16.8 Å². The van der Waals surface area contributed by atoms with Gasteiger partial charge in [0.2, 0.25) is 11.0 Å². The molecule has 0 aliphatic carbocycles. The number of amides is 1. The van der Waals surface area contributed by atoms with Gasteiger partial charge in [0.1, 0.15) is 12.1 Å². The maximum Gasteiger partial charge on any atom is 0.237 e. The molecule has 0 spiro atoms. The molecule has 156 valence electrons. The van der Waals surface area contributed by atoms with Crippen LogP contribution in [-0.4, -0.2) is 15.3 Å². The second-order valence-corrected chi connectivity index (χ2v) is 9.13. The van der Waals surface area contributed by atoms with Crippen LogP contribution in [0.5, 0.6) is 0 Å². The van der Waals surface area contributed by atoms with E-state index in [1.807, 2.05) is 0 Å². The molecule has 1 amide bonds. The van der Waals surface area contributed by atoms with Crippen LogP contribution in [0.15, 0.2) is 35.5 Å². The van der Waals surface area contributed by atoms with Gasteiger partial charge in [-0.15, -0.1) is 0 Å². The number of halogens is 4. The molecule has 0 saturated carbocycles. The van der Waals surface area contributed by atoms with Crippen molar-refractivity contribution in [1.29, 1.82) is 0 Å². The van der Waals surface area contributed by atoms with Crippen molar-refractivity contribution in [1.82, 2.24) is 9.36 Å². The van der Waals surface area contributed by atoms with Gasteiger partial charge in [-0.3, -0.25) is 4.79 Å². The number of carbonyl (C=O) groups excluding carboxylic acids is 1. The normalized spacial score (nSPS) is 14.9. The minimum absolute atomic E-state index is 0.0162. The fourth-order valence-corrected chi connectivity index (χ4v) is 4.76. The molecule has 0 radical (unpaired) electrons. The number of nitrogens with zero attached hydrogens (tertiary/aromatic N) is 3. The Bertz CT molecular complexity index is 1140. The predicted octanol–water partition coefficient (Wildman–Crippen LogP) is 5.55. The Hall–Kier alpha value is -2.30. The van der Waals surface area contributed by atoms with E-state index in [0.717, 1.165) is 29.5 Å². The first-order valence-corrected chi connectivity index (χ1v) is 10.6. The summed E-state index contributed by atoms with van der Waals surface area (Å²) in [6, 6.07) is 4.98. The molecule has 3 aromatic rings. The summed E-state index contributed by atoms with van der Waals surface area (Å²) in [6.07, 6.45) is 1.38. The van der Waals surface area contributed by atoms with E-state index < -0.39 is 28.8 Å². The number of carbonyl (C=O) groups is 1. The lowest BCUT2D eigenvalue weighted by Crippen LogP contribution is -2.36. The largest absolute Gasteiger partial charge is 0.307 e. The fourth-order valence-electron chi connectivity index (χ4n) is 3.33. The third-order valence-corrected chi connectivity index (χ3v) is 6.70. The second-order valence-electron chi connectivity index (χ2n) is 7.10. The fraction of sp³-hybridized carbons (Fsp3) is 0.211. The Morgan fingerprint density at radius 2 is 2.00 bits per heavy atom. The Morgan fingerprint density at radius 3 is 2.70 bits per heavy atom. The van der Waals surface area contributed by atoms with Crippen LogP contribution in [0.3, 0.4) is 0 Å². The van der Waals surface area contributed by atoms with Gasteiger partial charge in [-0.25, -0.2) is 18.2 Å². The highest BCUT2D eigenvalue weighted by molar-refractivity contribution is 8.00. The zero-order valence-electron chi connectivity index (χ0n) is 15.7. The van der Waals surface area contributed by atoms with Crippen LogP contribution in [0.1, 0.15) is 25.0 Å². The van der Waals surface area contributed by atoms with E-state index in [4.69, 9.17) is 11.6 Å².